The van der Waals surface area contributed by atoms with Crippen LogP contribution in [-0.4, -0.2) is 64.4 Å². The van der Waals surface area contributed by atoms with Crippen LogP contribution in [0.2, 0.25) is 0 Å². The number of aliphatic hydroxyl groups excluding tert-OH is 2. The van der Waals surface area contributed by atoms with Gasteiger partial charge >= 0.3 is 5.97 Å². The molecule has 0 bridgehead atoms. The highest BCUT2D eigenvalue weighted by Gasteiger charge is 2.58. The number of ether oxygens (including phenoxy) is 2. The van der Waals surface area contributed by atoms with E-state index in [2.05, 4.69) is 5.32 Å². The molecule has 6 atom stereocenters. The number of aliphatic carboxylic acids is 1. The summed E-state index contributed by atoms with van der Waals surface area (Å²) in [5.74, 6) is -1.93. The molecule has 1 amide bonds. The number of amides is 1. The number of hydrogen-bond acceptors (Lipinski definition) is 6. The lowest BCUT2D eigenvalue weighted by molar-refractivity contribution is -0.308. The van der Waals surface area contributed by atoms with Gasteiger partial charge in [0.05, 0.1) is 24.9 Å². The van der Waals surface area contributed by atoms with Gasteiger partial charge in [0.2, 0.25) is 5.91 Å². The first-order valence-corrected chi connectivity index (χ1v) is 9.19. The molecular formula is C19H33NO7. The largest absolute Gasteiger partial charge is 0.478 e. The molecule has 1 heterocycles. The Labute approximate surface area is 160 Å². The van der Waals surface area contributed by atoms with Crippen LogP contribution in [-0.2, 0) is 19.1 Å². The summed E-state index contributed by atoms with van der Waals surface area (Å²) in [4.78, 5) is 22.8. The Morgan fingerprint density at radius 2 is 1.93 bits per heavy atom. The molecule has 8 nitrogen and oxygen atoms in total. The summed E-state index contributed by atoms with van der Waals surface area (Å²) in [6.45, 7) is 11.0. The standard InChI is InChI=1S/C19H33NO7/c1-7-11(2)26-17-15(20-13(22)8-9-14(23)24)16(25)19(6,18(3,4)5)12(10-21)27-17/h8-9,11-12,15-17,21,25H,7,10H2,1-6H3,(H,20,22)(H,23,24)/b9-8-/t11?,12?,15?,16?,17-,19?/m1/s1. The van der Waals surface area contributed by atoms with Crippen molar-refractivity contribution < 1.29 is 34.4 Å². The van der Waals surface area contributed by atoms with E-state index in [1.54, 1.807) is 6.92 Å². The normalized spacial score (nSPS) is 33.0. The van der Waals surface area contributed by atoms with Gasteiger partial charge in [-0.3, -0.25) is 4.79 Å². The molecule has 8 heteroatoms. The molecule has 1 saturated heterocycles. The average Bonchev–Trinajstić information content (AvgIpc) is 2.58. The van der Waals surface area contributed by atoms with Gasteiger partial charge in [-0.15, -0.1) is 0 Å². The second-order valence-electron chi connectivity index (χ2n) is 8.21. The third-order valence-corrected chi connectivity index (χ3v) is 5.62. The van der Waals surface area contributed by atoms with Crippen molar-refractivity contribution >= 4 is 11.9 Å². The van der Waals surface area contributed by atoms with Crippen LogP contribution in [0.4, 0.5) is 0 Å². The fourth-order valence-corrected chi connectivity index (χ4v) is 3.21. The van der Waals surface area contributed by atoms with Gasteiger partial charge in [-0.25, -0.2) is 4.79 Å². The van der Waals surface area contributed by atoms with Gasteiger partial charge in [-0.2, -0.15) is 0 Å². The molecule has 1 aliphatic heterocycles. The van der Waals surface area contributed by atoms with Crippen LogP contribution in [0.3, 0.4) is 0 Å². The molecule has 1 aliphatic rings. The Morgan fingerprint density at radius 3 is 2.37 bits per heavy atom. The fourth-order valence-electron chi connectivity index (χ4n) is 3.21. The second-order valence-corrected chi connectivity index (χ2v) is 8.21. The van der Waals surface area contributed by atoms with Gasteiger partial charge in [0.15, 0.2) is 6.29 Å². The monoisotopic (exact) mass is 387 g/mol. The lowest BCUT2D eigenvalue weighted by atomic mass is 9.59. The number of hydrogen-bond donors (Lipinski definition) is 4. The van der Waals surface area contributed by atoms with Gasteiger partial charge in [0.1, 0.15) is 6.04 Å². The lowest BCUT2D eigenvalue weighted by Gasteiger charge is -2.56. The predicted molar refractivity (Wildman–Crippen MR) is 98.9 cm³/mol. The van der Waals surface area contributed by atoms with Crippen LogP contribution >= 0.6 is 0 Å². The highest BCUT2D eigenvalue weighted by atomic mass is 16.7. The Balaban J connectivity index is 3.23. The van der Waals surface area contributed by atoms with E-state index >= 15 is 0 Å². The van der Waals surface area contributed by atoms with Gasteiger partial charge in [-0.1, -0.05) is 34.6 Å². The molecule has 0 spiro atoms. The first-order valence-electron chi connectivity index (χ1n) is 9.19. The number of nitrogens with one attached hydrogen (secondary N) is 1. The minimum Gasteiger partial charge on any atom is -0.478 e. The van der Waals surface area contributed by atoms with Crippen LogP contribution < -0.4 is 5.32 Å². The molecule has 1 fully saturated rings. The molecule has 156 valence electrons. The predicted octanol–water partition coefficient (Wildman–Crippen LogP) is 1.06. The quantitative estimate of drug-likeness (QED) is 0.481. The molecule has 5 unspecified atom stereocenters. The lowest BCUT2D eigenvalue weighted by Crippen LogP contribution is -2.69. The molecule has 0 saturated carbocycles. The van der Waals surface area contributed by atoms with E-state index in [4.69, 9.17) is 14.6 Å². The van der Waals surface area contributed by atoms with Crippen molar-refractivity contribution in [2.45, 2.75) is 78.6 Å². The second kappa shape index (κ2) is 9.14. The summed E-state index contributed by atoms with van der Waals surface area (Å²) < 4.78 is 11.8. The smallest absolute Gasteiger partial charge is 0.328 e. The molecule has 27 heavy (non-hydrogen) atoms. The first-order chi connectivity index (χ1) is 12.4. The van der Waals surface area contributed by atoms with Crippen molar-refractivity contribution in [2.24, 2.45) is 10.8 Å². The first kappa shape index (κ1) is 23.6. The molecule has 0 radical (unpaired) electrons. The zero-order valence-corrected chi connectivity index (χ0v) is 16.9. The molecule has 0 aromatic carbocycles. The summed E-state index contributed by atoms with van der Waals surface area (Å²) in [5, 5.41) is 32.3. The Hall–Kier alpha value is -1.48. The maximum Gasteiger partial charge on any atom is 0.328 e. The topological polar surface area (TPSA) is 125 Å². The van der Waals surface area contributed by atoms with Crippen molar-refractivity contribution in [3.63, 3.8) is 0 Å². The highest BCUT2D eigenvalue weighted by Crippen LogP contribution is 2.49. The SMILES string of the molecule is CCC(C)O[C@@H]1OC(CO)C(C)(C(C)(C)C)C(O)C1NC(=O)/C=C\C(=O)O. The summed E-state index contributed by atoms with van der Waals surface area (Å²) in [7, 11) is 0. The minimum atomic E-state index is -1.25. The molecule has 0 aromatic heterocycles. The Kier molecular flexibility index (Phi) is 7.98. The maximum absolute atomic E-state index is 12.1. The number of carbonyl (C=O) groups is 2. The van der Waals surface area contributed by atoms with E-state index in [-0.39, 0.29) is 12.7 Å². The summed E-state index contributed by atoms with van der Waals surface area (Å²) in [6, 6.07) is -0.933. The van der Waals surface area contributed by atoms with Gasteiger partial charge < -0.3 is 30.1 Å². The summed E-state index contributed by atoms with van der Waals surface area (Å²) in [6.07, 6.45) is -0.698. The van der Waals surface area contributed by atoms with Gasteiger partial charge in [0, 0.05) is 17.6 Å². The molecule has 1 rings (SSSR count). The zero-order chi connectivity index (χ0) is 21.0. The van der Waals surface area contributed by atoms with Crippen LogP contribution in [0, 0.1) is 10.8 Å². The summed E-state index contributed by atoms with van der Waals surface area (Å²) in [5.41, 5.74) is -1.37. The van der Waals surface area contributed by atoms with Crippen molar-refractivity contribution in [2.75, 3.05) is 6.61 Å². The zero-order valence-electron chi connectivity index (χ0n) is 16.9. The van der Waals surface area contributed by atoms with Crippen molar-refractivity contribution in [3.05, 3.63) is 12.2 Å². The Bertz CT molecular complexity index is 557. The van der Waals surface area contributed by atoms with E-state index in [1.165, 1.54) is 0 Å². The molecule has 4 N–H and O–H groups in total. The summed E-state index contributed by atoms with van der Waals surface area (Å²) >= 11 is 0. The molecule has 0 aliphatic carbocycles. The number of carbonyl (C=O) groups excluding carboxylic acids is 1. The van der Waals surface area contributed by atoms with Crippen molar-refractivity contribution in [1.29, 1.82) is 0 Å². The van der Waals surface area contributed by atoms with Crippen LogP contribution in [0.1, 0.15) is 48.0 Å². The van der Waals surface area contributed by atoms with Gasteiger partial charge in [0.25, 0.3) is 0 Å². The number of aliphatic hydroxyl groups is 2. The third-order valence-electron chi connectivity index (χ3n) is 5.62. The number of rotatable bonds is 7. The molecular weight excluding hydrogens is 354 g/mol. The van der Waals surface area contributed by atoms with Crippen molar-refractivity contribution in [3.8, 4) is 0 Å². The van der Waals surface area contributed by atoms with Crippen molar-refractivity contribution in [1.82, 2.24) is 5.32 Å². The van der Waals surface area contributed by atoms with E-state index in [1.807, 2.05) is 34.6 Å². The number of carboxylic acids is 1. The molecule has 0 aromatic rings. The van der Waals surface area contributed by atoms with Gasteiger partial charge in [-0.05, 0) is 18.8 Å². The Morgan fingerprint density at radius 1 is 1.33 bits per heavy atom. The van der Waals surface area contributed by atoms with E-state index < -0.39 is 47.2 Å². The number of carboxylic acid groups (broad SMARTS) is 1. The van der Waals surface area contributed by atoms with Crippen LogP contribution in [0.5, 0.6) is 0 Å². The average molecular weight is 387 g/mol. The van der Waals surface area contributed by atoms with E-state index in [0.717, 1.165) is 12.2 Å². The highest BCUT2D eigenvalue weighted by molar-refractivity contribution is 5.94. The van der Waals surface area contributed by atoms with Crippen LogP contribution in [0.25, 0.3) is 0 Å². The van der Waals surface area contributed by atoms with E-state index in [9.17, 15) is 19.8 Å². The van der Waals surface area contributed by atoms with E-state index in [0.29, 0.717) is 6.42 Å². The third kappa shape index (κ3) is 5.28. The van der Waals surface area contributed by atoms with Crippen LogP contribution in [0.15, 0.2) is 12.2 Å². The maximum atomic E-state index is 12.1. The fraction of sp³-hybridized carbons (Fsp3) is 0.789. The minimum absolute atomic E-state index is 0.200.